The van der Waals surface area contributed by atoms with Crippen LogP contribution in [0.5, 0.6) is 0 Å². The van der Waals surface area contributed by atoms with Gasteiger partial charge < -0.3 is 10.2 Å². The van der Waals surface area contributed by atoms with E-state index in [2.05, 4.69) is 26.3 Å². The van der Waals surface area contributed by atoms with Crippen molar-refractivity contribution in [2.75, 3.05) is 13.2 Å². The maximum absolute atomic E-state index is 13.7. The molecule has 28 heavy (non-hydrogen) atoms. The third-order valence-corrected chi connectivity index (χ3v) is 5.13. The largest absolute Gasteiger partial charge is 0.337 e. The van der Waals surface area contributed by atoms with E-state index in [1.54, 1.807) is 47.1 Å². The third kappa shape index (κ3) is 3.53. The zero-order chi connectivity index (χ0) is 19.8. The number of carbonyl (C=O) groups is 2. The summed E-state index contributed by atoms with van der Waals surface area (Å²) in [6.07, 6.45) is 0. The lowest BCUT2D eigenvalue weighted by Gasteiger charge is -2.10. The van der Waals surface area contributed by atoms with E-state index in [-0.39, 0.29) is 30.7 Å². The molecule has 0 spiro atoms. The first-order valence-corrected chi connectivity index (χ1v) is 9.47. The molecule has 0 bridgehead atoms. The Labute approximate surface area is 173 Å². The van der Waals surface area contributed by atoms with Crippen LogP contribution >= 0.6 is 27.5 Å². The number of nitrogens with one attached hydrogen (secondary N) is 1. The van der Waals surface area contributed by atoms with E-state index in [1.165, 1.54) is 11.0 Å². The van der Waals surface area contributed by atoms with Crippen molar-refractivity contribution >= 4 is 39.3 Å². The first-order valence-electron chi connectivity index (χ1n) is 8.30. The molecule has 3 aromatic rings. The van der Waals surface area contributed by atoms with Gasteiger partial charge >= 0.3 is 0 Å². The predicted molar refractivity (Wildman–Crippen MR) is 106 cm³/mol. The van der Waals surface area contributed by atoms with Crippen LogP contribution in [0, 0.1) is 5.82 Å². The molecule has 1 aliphatic rings. The summed E-state index contributed by atoms with van der Waals surface area (Å²) < 4.78 is 15.5. The highest BCUT2D eigenvalue weighted by Crippen LogP contribution is 2.29. The maximum Gasteiger partial charge on any atom is 0.276 e. The van der Waals surface area contributed by atoms with Gasteiger partial charge in [0.2, 0.25) is 5.91 Å². The van der Waals surface area contributed by atoms with Crippen molar-refractivity contribution in [1.82, 2.24) is 20.0 Å². The average molecular weight is 464 g/mol. The molecule has 9 heteroatoms. The van der Waals surface area contributed by atoms with Crippen LogP contribution < -0.4 is 5.32 Å². The molecule has 2 aromatic carbocycles. The van der Waals surface area contributed by atoms with Crippen LogP contribution in [0.2, 0.25) is 5.02 Å². The van der Waals surface area contributed by atoms with Gasteiger partial charge in [-0.2, -0.15) is 5.10 Å². The van der Waals surface area contributed by atoms with Crippen LogP contribution in [0.4, 0.5) is 4.39 Å². The molecule has 1 aliphatic heterocycles. The number of benzene rings is 2. The number of hydrogen-bond acceptors (Lipinski definition) is 3. The minimum atomic E-state index is -0.393. The Hall–Kier alpha value is -2.71. The minimum Gasteiger partial charge on any atom is -0.337 e. The Kier molecular flexibility index (Phi) is 4.91. The molecule has 2 amide bonds. The zero-order valence-electron chi connectivity index (χ0n) is 14.3. The van der Waals surface area contributed by atoms with Gasteiger partial charge in [0, 0.05) is 10.6 Å². The summed E-state index contributed by atoms with van der Waals surface area (Å²) in [6.45, 7) is 0.124. The Morgan fingerprint density at radius 1 is 1.21 bits per heavy atom. The maximum atomic E-state index is 13.7. The second-order valence-corrected chi connectivity index (χ2v) is 7.49. The van der Waals surface area contributed by atoms with Crippen LogP contribution in [0.1, 0.15) is 10.5 Å². The van der Waals surface area contributed by atoms with Gasteiger partial charge in [0.05, 0.1) is 22.5 Å². The molecule has 0 saturated carbocycles. The number of hydrogen-bond donors (Lipinski definition) is 1. The molecule has 4 rings (SSSR count). The summed E-state index contributed by atoms with van der Waals surface area (Å²) in [5, 5.41) is 7.55. The zero-order valence-corrected chi connectivity index (χ0v) is 16.7. The molecule has 0 aliphatic carbocycles. The molecule has 1 aromatic heterocycles. The van der Waals surface area contributed by atoms with Gasteiger partial charge in [0.25, 0.3) is 5.91 Å². The molecule has 2 heterocycles. The van der Waals surface area contributed by atoms with Gasteiger partial charge in [0.1, 0.15) is 12.4 Å². The monoisotopic (exact) mass is 462 g/mol. The number of halogens is 3. The Balaban J connectivity index is 1.83. The number of aromatic nitrogens is 2. The van der Waals surface area contributed by atoms with Gasteiger partial charge in [-0.05, 0) is 58.4 Å². The molecule has 0 unspecified atom stereocenters. The molecular formula is C19H13BrClFN4O2. The van der Waals surface area contributed by atoms with E-state index in [4.69, 9.17) is 11.6 Å². The van der Waals surface area contributed by atoms with Gasteiger partial charge in [-0.3, -0.25) is 9.59 Å². The van der Waals surface area contributed by atoms with Gasteiger partial charge in [-0.15, -0.1) is 0 Å². The fourth-order valence-electron chi connectivity index (χ4n) is 2.93. The summed E-state index contributed by atoms with van der Waals surface area (Å²) in [6, 6.07) is 13.2. The van der Waals surface area contributed by atoms with Crippen molar-refractivity contribution in [1.29, 1.82) is 0 Å². The van der Waals surface area contributed by atoms with Gasteiger partial charge in [-0.25, -0.2) is 9.07 Å². The van der Waals surface area contributed by atoms with Crippen molar-refractivity contribution in [2.24, 2.45) is 0 Å². The molecule has 1 saturated heterocycles. The molecule has 0 radical (unpaired) electrons. The van der Waals surface area contributed by atoms with Gasteiger partial charge in [0.15, 0.2) is 5.69 Å². The second kappa shape index (κ2) is 7.37. The van der Waals surface area contributed by atoms with Crippen LogP contribution in [0.3, 0.4) is 0 Å². The van der Waals surface area contributed by atoms with Crippen LogP contribution in [-0.4, -0.2) is 39.7 Å². The smallest absolute Gasteiger partial charge is 0.276 e. The average Bonchev–Trinajstić information content (AvgIpc) is 3.30. The van der Waals surface area contributed by atoms with E-state index < -0.39 is 5.82 Å². The lowest BCUT2D eigenvalue weighted by Crippen LogP contribution is -2.30. The summed E-state index contributed by atoms with van der Waals surface area (Å²) in [5.41, 5.74) is 2.07. The molecule has 1 fully saturated rings. The number of amides is 2. The molecule has 6 nitrogen and oxygen atoms in total. The van der Waals surface area contributed by atoms with E-state index in [1.807, 2.05) is 0 Å². The number of nitrogens with zero attached hydrogens (tertiary/aromatic N) is 3. The van der Waals surface area contributed by atoms with Crippen LogP contribution in [0.25, 0.3) is 16.9 Å². The van der Waals surface area contributed by atoms with E-state index in [0.717, 1.165) is 0 Å². The molecular weight excluding hydrogens is 451 g/mol. The lowest BCUT2D eigenvalue weighted by atomic mass is 10.1. The standard InChI is InChI=1S/C19H13BrClFN4O2/c20-14-6-11(4-5-15(14)22)17-8-16(19(28)25-9-18(27)23-10-25)24-26(17)13-3-1-2-12(21)7-13/h1-8H,9-10H2,(H,23,27). The Morgan fingerprint density at radius 2 is 2.04 bits per heavy atom. The summed E-state index contributed by atoms with van der Waals surface area (Å²) in [5.74, 6) is -0.984. The lowest BCUT2D eigenvalue weighted by molar-refractivity contribution is -0.118. The number of carbonyl (C=O) groups excluding carboxylic acids is 2. The fourth-order valence-corrected chi connectivity index (χ4v) is 3.49. The SMILES string of the molecule is O=C1CN(C(=O)c2cc(-c3ccc(F)c(Br)c3)n(-c3cccc(Cl)c3)n2)CN1. The quantitative estimate of drug-likeness (QED) is 0.645. The highest BCUT2D eigenvalue weighted by atomic mass is 79.9. The van der Waals surface area contributed by atoms with Crippen LogP contribution in [0.15, 0.2) is 53.0 Å². The summed E-state index contributed by atoms with van der Waals surface area (Å²) in [7, 11) is 0. The Morgan fingerprint density at radius 3 is 2.71 bits per heavy atom. The first-order chi connectivity index (χ1) is 13.4. The van der Waals surface area contributed by atoms with Crippen LogP contribution in [-0.2, 0) is 4.79 Å². The summed E-state index contributed by atoms with van der Waals surface area (Å²) >= 11 is 9.29. The van der Waals surface area contributed by atoms with Crippen molar-refractivity contribution < 1.29 is 14.0 Å². The van der Waals surface area contributed by atoms with E-state index in [9.17, 15) is 14.0 Å². The Bertz CT molecular complexity index is 1100. The minimum absolute atomic E-state index is 0.0136. The molecule has 142 valence electrons. The highest BCUT2D eigenvalue weighted by Gasteiger charge is 2.27. The second-order valence-electron chi connectivity index (χ2n) is 6.20. The first kappa shape index (κ1) is 18.6. The van der Waals surface area contributed by atoms with Crippen molar-refractivity contribution in [3.8, 4) is 16.9 Å². The highest BCUT2D eigenvalue weighted by molar-refractivity contribution is 9.10. The van der Waals surface area contributed by atoms with E-state index >= 15 is 0 Å². The normalized spacial score (nSPS) is 13.7. The van der Waals surface area contributed by atoms with Crippen molar-refractivity contribution in [3.05, 3.63) is 69.5 Å². The predicted octanol–water partition coefficient (Wildman–Crippen LogP) is 3.62. The molecule has 1 N–H and O–H groups in total. The van der Waals surface area contributed by atoms with Gasteiger partial charge in [-0.1, -0.05) is 17.7 Å². The fraction of sp³-hybridized carbons (Fsp3) is 0.105. The topological polar surface area (TPSA) is 67.2 Å². The van der Waals surface area contributed by atoms with E-state index in [0.29, 0.717) is 26.4 Å². The third-order valence-electron chi connectivity index (χ3n) is 4.29. The van der Waals surface area contributed by atoms with Crippen molar-refractivity contribution in [2.45, 2.75) is 0 Å². The number of rotatable bonds is 3. The molecule has 0 atom stereocenters. The van der Waals surface area contributed by atoms with Crippen molar-refractivity contribution in [3.63, 3.8) is 0 Å². The summed E-state index contributed by atoms with van der Waals surface area (Å²) in [4.78, 5) is 25.6.